The van der Waals surface area contributed by atoms with Crippen LogP contribution in [-0.4, -0.2) is 22.4 Å². The Morgan fingerprint density at radius 1 is 1.32 bits per heavy atom. The van der Waals surface area contributed by atoms with Gasteiger partial charge in [0.05, 0.1) is 5.33 Å². The van der Waals surface area contributed by atoms with E-state index in [1.165, 1.54) is 23.5 Å². The van der Waals surface area contributed by atoms with Crippen molar-refractivity contribution in [3.05, 3.63) is 47.0 Å². The van der Waals surface area contributed by atoms with Crippen molar-refractivity contribution in [1.29, 1.82) is 0 Å². The van der Waals surface area contributed by atoms with E-state index in [0.717, 1.165) is 12.0 Å². The van der Waals surface area contributed by atoms with Crippen LogP contribution in [0.1, 0.15) is 29.7 Å². The summed E-state index contributed by atoms with van der Waals surface area (Å²) in [5.41, 5.74) is 1.64. The van der Waals surface area contributed by atoms with Gasteiger partial charge in [-0.15, -0.1) is 11.3 Å². The minimum atomic E-state index is -0.321. The third-order valence-corrected chi connectivity index (χ3v) is 4.69. The molecule has 5 nitrogen and oxygen atoms in total. The van der Waals surface area contributed by atoms with E-state index in [1.807, 2.05) is 6.92 Å². The fourth-order valence-corrected chi connectivity index (χ4v) is 3.20. The molecule has 0 fully saturated rings. The summed E-state index contributed by atoms with van der Waals surface area (Å²) in [6, 6.07) is 6.01. The Balaban J connectivity index is 1.97. The predicted octanol–water partition coefficient (Wildman–Crippen LogP) is 4.64. The molecular weight excluding hydrogens is 409 g/mol. The lowest BCUT2D eigenvalue weighted by Gasteiger charge is -2.00. The predicted molar refractivity (Wildman–Crippen MR) is 98.3 cm³/mol. The van der Waals surface area contributed by atoms with Gasteiger partial charge in [0.15, 0.2) is 10.8 Å². The molecule has 2 heterocycles. The summed E-state index contributed by atoms with van der Waals surface area (Å²) in [5, 5.41) is 5.47. The van der Waals surface area contributed by atoms with Gasteiger partial charge in [-0.05, 0) is 30.7 Å². The quantitative estimate of drug-likeness (QED) is 0.586. The second-order valence-corrected chi connectivity index (χ2v) is 6.64. The van der Waals surface area contributed by atoms with Crippen molar-refractivity contribution in [3.63, 3.8) is 0 Å². The van der Waals surface area contributed by atoms with Gasteiger partial charge in [0, 0.05) is 17.5 Å². The second kappa shape index (κ2) is 7.88. The van der Waals surface area contributed by atoms with Crippen molar-refractivity contribution in [2.45, 2.75) is 18.7 Å². The van der Waals surface area contributed by atoms with Crippen LogP contribution in [0.25, 0.3) is 22.0 Å². The highest BCUT2D eigenvalue weighted by Gasteiger charge is 2.21. The van der Waals surface area contributed by atoms with Crippen LogP contribution in [0.2, 0.25) is 0 Å². The fourth-order valence-electron chi connectivity index (χ4n) is 2.18. The number of nitrogens with zero attached hydrogens (tertiary/aromatic N) is 2. The molecule has 3 aromatic rings. The van der Waals surface area contributed by atoms with E-state index in [0.29, 0.717) is 39.9 Å². The van der Waals surface area contributed by atoms with E-state index >= 15 is 0 Å². The van der Waals surface area contributed by atoms with Crippen molar-refractivity contribution in [2.75, 3.05) is 6.54 Å². The number of amides is 1. The Labute approximate surface area is 156 Å². The molecule has 25 heavy (non-hydrogen) atoms. The van der Waals surface area contributed by atoms with Crippen molar-refractivity contribution in [2.24, 2.45) is 0 Å². The topological polar surface area (TPSA) is 68.0 Å². The van der Waals surface area contributed by atoms with Gasteiger partial charge in [-0.25, -0.2) is 14.4 Å². The molecule has 8 heteroatoms. The van der Waals surface area contributed by atoms with Crippen LogP contribution in [0, 0.1) is 5.82 Å². The number of nitrogens with one attached hydrogen (secondary N) is 1. The Morgan fingerprint density at radius 3 is 2.76 bits per heavy atom. The summed E-state index contributed by atoms with van der Waals surface area (Å²) < 4.78 is 19.0. The van der Waals surface area contributed by atoms with Crippen LogP contribution in [0.4, 0.5) is 4.39 Å². The number of aromatic nitrogens is 2. The molecule has 1 aromatic carbocycles. The first-order valence-corrected chi connectivity index (χ1v) is 9.68. The molecule has 0 spiro atoms. The van der Waals surface area contributed by atoms with E-state index in [1.54, 1.807) is 17.5 Å². The van der Waals surface area contributed by atoms with E-state index in [4.69, 9.17) is 4.42 Å². The molecule has 0 aliphatic heterocycles. The summed E-state index contributed by atoms with van der Waals surface area (Å²) in [7, 11) is 0. The molecule has 2 aromatic heterocycles. The normalized spacial score (nSPS) is 10.8. The maximum absolute atomic E-state index is 13.2. The molecule has 0 radical (unpaired) electrons. The number of rotatable bonds is 6. The lowest BCUT2D eigenvalue weighted by atomic mass is 10.1. The van der Waals surface area contributed by atoms with Crippen molar-refractivity contribution in [1.82, 2.24) is 15.3 Å². The molecule has 0 unspecified atom stereocenters. The number of alkyl halides is 1. The highest BCUT2D eigenvalue weighted by Crippen LogP contribution is 2.35. The summed E-state index contributed by atoms with van der Waals surface area (Å²) in [6.07, 6.45) is 0.855. The van der Waals surface area contributed by atoms with Gasteiger partial charge in [0.2, 0.25) is 5.89 Å². The van der Waals surface area contributed by atoms with Gasteiger partial charge in [-0.3, -0.25) is 4.79 Å². The zero-order chi connectivity index (χ0) is 17.8. The van der Waals surface area contributed by atoms with Crippen molar-refractivity contribution >= 4 is 33.2 Å². The molecule has 1 amide bonds. The zero-order valence-corrected chi connectivity index (χ0v) is 15.8. The number of hydrogen-bond donors (Lipinski definition) is 1. The van der Waals surface area contributed by atoms with Crippen LogP contribution in [0.5, 0.6) is 0 Å². The Hall–Kier alpha value is -2.06. The van der Waals surface area contributed by atoms with Crippen molar-refractivity contribution < 1.29 is 13.6 Å². The lowest BCUT2D eigenvalue weighted by molar-refractivity contribution is 0.0949. The van der Waals surface area contributed by atoms with Gasteiger partial charge in [-0.2, -0.15) is 0 Å². The summed E-state index contributed by atoms with van der Waals surface area (Å²) in [6.45, 7) is 2.58. The van der Waals surface area contributed by atoms with Crippen LogP contribution in [0.15, 0.2) is 34.1 Å². The largest absolute Gasteiger partial charge is 0.437 e. The molecule has 0 aliphatic carbocycles. The second-order valence-electron chi connectivity index (χ2n) is 5.22. The first-order valence-electron chi connectivity index (χ1n) is 7.68. The average molecular weight is 424 g/mol. The standard InChI is InChI=1S/C17H15BrFN3O2S/c1-2-7-20-16(23)12-9-25-17(21-12)15-14(22-13(8-18)24-15)10-3-5-11(19)6-4-10/h3-6,9H,2,7-8H2,1H3,(H,20,23). The fraction of sp³-hybridized carbons (Fsp3) is 0.235. The highest BCUT2D eigenvalue weighted by atomic mass is 79.9. The molecule has 130 valence electrons. The molecule has 3 rings (SSSR count). The Bertz CT molecular complexity index is 876. The number of halogens is 2. The molecule has 0 atom stereocenters. The number of hydrogen-bond acceptors (Lipinski definition) is 5. The molecule has 0 saturated heterocycles. The maximum atomic E-state index is 13.2. The molecular formula is C17H15BrFN3O2S. The van der Waals surface area contributed by atoms with E-state index in [2.05, 4.69) is 31.2 Å². The smallest absolute Gasteiger partial charge is 0.270 e. The third kappa shape index (κ3) is 3.96. The summed E-state index contributed by atoms with van der Waals surface area (Å²) in [4.78, 5) is 20.8. The van der Waals surface area contributed by atoms with Gasteiger partial charge >= 0.3 is 0 Å². The van der Waals surface area contributed by atoms with Gasteiger partial charge in [0.1, 0.15) is 17.2 Å². The highest BCUT2D eigenvalue weighted by molar-refractivity contribution is 9.08. The molecule has 0 saturated carbocycles. The number of carbonyl (C=O) groups is 1. The summed E-state index contributed by atoms with van der Waals surface area (Å²) in [5.74, 6) is 0.425. The monoisotopic (exact) mass is 423 g/mol. The maximum Gasteiger partial charge on any atom is 0.270 e. The number of benzene rings is 1. The zero-order valence-electron chi connectivity index (χ0n) is 13.4. The first kappa shape index (κ1) is 17.8. The van der Waals surface area contributed by atoms with Crippen LogP contribution >= 0.6 is 27.3 Å². The Kier molecular flexibility index (Phi) is 5.60. The van der Waals surface area contributed by atoms with Gasteiger partial charge in [-0.1, -0.05) is 22.9 Å². The van der Waals surface area contributed by atoms with E-state index in [-0.39, 0.29) is 11.7 Å². The minimum Gasteiger partial charge on any atom is -0.437 e. The number of carbonyl (C=O) groups excluding carboxylic acids is 1. The number of oxazole rings is 1. The third-order valence-electron chi connectivity index (χ3n) is 3.37. The summed E-state index contributed by atoms with van der Waals surface area (Å²) >= 11 is 4.63. The molecule has 0 aliphatic rings. The molecule has 1 N–H and O–H groups in total. The lowest BCUT2D eigenvalue weighted by Crippen LogP contribution is -2.24. The van der Waals surface area contributed by atoms with Gasteiger partial charge in [0.25, 0.3) is 5.91 Å². The molecule has 0 bridgehead atoms. The minimum absolute atomic E-state index is 0.215. The Morgan fingerprint density at radius 2 is 2.08 bits per heavy atom. The van der Waals surface area contributed by atoms with Crippen LogP contribution in [0.3, 0.4) is 0 Å². The van der Waals surface area contributed by atoms with E-state index < -0.39 is 0 Å². The van der Waals surface area contributed by atoms with Crippen LogP contribution in [-0.2, 0) is 5.33 Å². The average Bonchev–Trinajstić information content (AvgIpc) is 3.27. The van der Waals surface area contributed by atoms with E-state index in [9.17, 15) is 9.18 Å². The first-order chi connectivity index (χ1) is 12.1. The van der Waals surface area contributed by atoms with Gasteiger partial charge < -0.3 is 9.73 Å². The number of thiazole rings is 1. The van der Waals surface area contributed by atoms with Crippen LogP contribution < -0.4 is 5.32 Å². The SMILES string of the molecule is CCCNC(=O)c1csc(-c2oc(CBr)nc2-c2ccc(F)cc2)n1. The van der Waals surface area contributed by atoms with Crippen molar-refractivity contribution in [3.8, 4) is 22.0 Å².